The Hall–Kier alpha value is -1.06. The topological polar surface area (TPSA) is 49.4 Å². The Kier molecular flexibility index (Phi) is 3.17. The molecule has 0 aromatic heterocycles. The van der Waals surface area contributed by atoms with Gasteiger partial charge >= 0.3 is 0 Å². The second-order valence-electron chi connectivity index (χ2n) is 4.74. The van der Waals surface area contributed by atoms with Gasteiger partial charge in [-0.3, -0.25) is 9.59 Å². The third-order valence-corrected chi connectivity index (χ3v) is 3.44. The quantitative estimate of drug-likeness (QED) is 0.750. The number of hydrogen-bond acceptors (Lipinski definition) is 2. The first-order valence-corrected chi connectivity index (χ1v) is 6.26. The lowest BCUT2D eigenvalue weighted by Crippen LogP contribution is -2.34. The molecule has 0 aromatic rings. The van der Waals surface area contributed by atoms with Crippen LogP contribution in [0.25, 0.3) is 0 Å². The van der Waals surface area contributed by atoms with Crippen LogP contribution in [0.2, 0.25) is 0 Å². The lowest BCUT2D eigenvalue weighted by Gasteiger charge is -2.18. The van der Waals surface area contributed by atoms with Gasteiger partial charge in [0.25, 0.3) is 0 Å². The molecule has 2 aliphatic carbocycles. The van der Waals surface area contributed by atoms with Crippen molar-refractivity contribution in [2.24, 2.45) is 11.8 Å². The van der Waals surface area contributed by atoms with Crippen LogP contribution < -0.4 is 5.32 Å². The van der Waals surface area contributed by atoms with Gasteiger partial charge in [0.15, 0.2) is 0 Å². The molecule has 0 spiro atoms. The Morgan fingerprint density at radius 3 is 2.31 bits per heavy atom. The molecule has 2 rings (SSSR count). The number of rotatable bonds is 5. The van der Waals surface area contributed by atoms with E-state index in [9.17, 15) is 9.59 Å². The molecular weight excluding hydrogens is 204 g/mol. The van der Waals surface area contributed by atoms with Crippen LogP contribution >= 0.6 is 0 Å². The second-order valence-corrected chi connectivity index (χ2v) is 4.74. The summed E-state index contributed by atoms with van der Waals surface area (Å²) in [6, 6.07) is 0.400. The Balaban J connectivity index is 1.80. The smallest absolute Gasteiger partial charge is 0.226 e. The highest BCUT2D eigenvalue weighted by molar-refractivity contribution is 5.92. The first kappa shape index (κ1) is 11.4. The van der Waals surface area contributed by atoms with Crippen LogP contribution in [0.1, 0.15) is 33.1 Å². The molecule has 0 radical (unpaired) electrons. The summed E-state index contributed by atoms with van der Waals surface area (Å²) in [7, 11) is 0. The average molecular weight is 224 g/mol. The Morgan fingerprint density at radius 1 is 1.19 bits per heavy atom. The number of nitrogens with zero attached hydrogens (tertiary/aromatic N) is 1. The largest absolute Gasteiger partial charge is 0.353 e. The zero-order valence-electron chi connectivity index (χ0n) is 10.0. The van der Waals surface area contributed by atoms with Crippen molar-refractivity contribution in [1.29, 1.82) is 0 Å². The lowest BCUT2D eigenvalue weighted by atomic mass is 10.2. The van der Waals surface area contributed by atoms with Crippen LogP contribution in [0, 0.1) is 11.8 Å². The highest BCUT2D eigenvalue weighted by Gasteiger charge is 2.49. The highest BCUT2D eigenvalue weighted by Crippen LogP contribution is 2.40. The SMILES string of the molecule is CCN(CC)C(=O)C1CC1C(=O)NC1CC1. The summed E-state index contributed by atoms with van der Waals surface area (Å²) in [6.45, 7) is 5.43. The van der Waals surface area contributed by atoms with Crippen molar-refractivity contribution < 1.29 is 9.59 Å². The maximum absolute atomic E-state index is 11.9. The molecule has 16 heavy (non-hydrogen) atoms. The van der Waals surface area contributed by atoms with E-state index < -0.39 is 0 Å². The van der Waals surface area contributed by atoms with Gasteiger partial charge in [-0.05, 0) is 33.1 Å². The predicted octanol–water partition coefficient (Wildman–Crippen LogP) is 0.769. The van der Waals surface area contributed by atoms with E-state index >= 15 is 0 Å². The van der Waals surface area contributed by atoms with Gasteiger partial charge in [-0.1, -0.05) is 0 Å². The van der Waals surface area contributed by atoms with Gasteiger partial charge in [-0.15, -0.1) is 0 Å². The molecular formula is C12H20N2O2. The fourth-order valence-electron chi connectivity index (χ4n) is 2.06. The molecule has 2 amide bonds. The molecule has 0 heterocycles. The Labute approximate surface area is 96.4 Å². The van der Waals surface area contributed by atoms with E-state index in [1.54, 1.807) is 0 Å². The monoisotopic (exact) mass is 224 g/mol. The van der Waals surface area contributed by atoms with E-state index in [-0.39, 0.29) is 23.7 Å². The van der Waals surface area contributed by atoms with Gasteiger partial charge in [0.05, 0.1) is 11.8 Å². The summed E-state index contributed by atoms with van der Waals surface area (Å²) in [6.07, 6.45) is 2.95. The number of nitrogens with one attached hydrogen (secondary N) is 1. The summed E-state index contributed by atoms with van der Waals surface area (Å²) >= 11 is 0. The molecule has 2 unspecified atom stereocenters. The third-order valence-electron chi connectivity index (χ3n) is 3.44. The zero-order chi connectivity index (χ0) is 11.7. The molecule has 0 aromatic carbocycles. The van der Waals surface area contributed by atoms with Crippen molar-refractivity contribution in [1.82, 2.24) is 10.2 Å². The van der Waals surface area contributed by atoms with E-state index in [4.69, 9.17) is 0 Å². The molecule has 2 saturated carbocycles. The van der Waals surface area contributed by atoms with Crippen LogP contribution in [0.4, 0.5) is 0 Å². The fraction of sp³-hybridized carbons (Fsp3) is 0.833. The molecule has 0 bridgehead atoms. The van der Waals surface area contributed by atoms with E-state index in [0.717, 1.165) is 32.4 Å². The van der Waals surface area contributed by atoms with E-state index in [1.807, 2.05) is 18.7 Å². The lowest BCUT2D eigenvalue weighted by molar-refractivity contribution is -0.134. The number of hydrogen-bond donors (Lipinski definition) is 1. The number of carbonyl (C=O) groups is 2. The molecule has 2 aliphatic rings. The molecule has 2 fully saturated rings. The van der Waals surface area contributed by atoms with Gasteiger partial charge in [-0.2, -0.15) is 0 Å². The van der Waals surface area contributed by atoms with Crippen molar-refractivity contribution in [2.75, 3.05) is 13.1 Å². The summed E-state index contributed by atoms with van der Waals surface area (Å²) in [5, 5.41) is 2.97. The minimum Gasteiger partial charge on any atom is -0.353 e. The Bertz CT molecular complexity index is 295. The van der Waals surface area contributed by atoms with Crippen LogP contribution in [-0.2, 0) is 9.59 Å². The average Bonchev–Trinajstić information content (AvgIpc) is 3.13. The summed E-state index contributed by atoms with van der Waals surface area (Å²) in [5.41, 5.74) is 0. The minimum atomic E-state index is -0.0475. The summed E-state index contributed by atoms with van der Waals surface area (Å²) in [5.74, 6) is 0.154. The minimum absolute atomic E-state index is 0.0429. The predicted molar refractivity (Wildman–Crippen MR) is 60.7 cm³/mol. The van der Waals surface area contributed by atoms with Crippen LogP contribution in [0.3, 0.4) is 0 Å². The third kappa shape index (κ3) is 2.36. The molecule has 4 nitrogen and oxygen atoms in total. The number of amides is 2. The number of carbonyl (C=O) groups excluding carboxylic acids is 2. The Morgan fingerprint density at radius 2 is 1.81 bits per heavy atom. The van der Waals surface area contributed by atoms with Crippen molar-refractivity contribution in [3.05, 3.63) is 0 Å². The van der Waals surface area contributed by atoms with E-state index in [0.29, 0.717) is 6.04 Å². The molecule has 90 valence electrons. The maximum atomic E-state index is 11.9. The van der Waals surface area contributed by atoms with Crippen molar-refractivity contribution in [3.63, 3.8) is 0 Å². The van der Waals surface area contributed by atoms with Gasteiger partial charge < -0.3 is 10.2 Å². The van der Waals surface area contributed by atoms with Crippen molar-refractivity contribution in [2.45, 2.75) is 39.2 Å². The van der Waals surface area contributed by atoms with Crippen LogP contribution in [0.15, 0.2) is 0 Å². The first-order chi connectivity index (χ1) is 7.67. The van der Waals surface area contributed by atoms with Crippen molar-refractivity contribution >= 4 is 11.8 Å². The van der Waals surface area contributed by atoms with Gasteiger partial charge in [-0.25, -0.2) is 0 Å². The van der Waals surface area contributed by atoms with Gasteiger partial charge in [0, 0.05) is 19.1 Å². The summed E-state index contributed by atoms with van der Waals surface area (Å²) < 4.78 is 0. The van der Waals surface area contributed by atoms with Gasteiger partial charge in [0.2, 0.25) is 11.8 Å². The molecule has 1 N–H and O–H groups in total. The van der Waals surface area contributed by atoms with Crippen LogP contribution in [-0.4, -0.2) is 35.8 Å². The normalized spacial score (nSPS) is 27.4. The highest BCUT2D eigenvalue weighted by atomic mass is 16.2. The maximum Gasteiger partial charge on any atom is 0.226 e. The fourth-order valence-corrected chi connectivity index (χ4v) is 2.06. The van der Waals surface area contributed by atoms with E-state index in [1.165, 1.54) is 0 Å². The zero-order valence-corrected chi connectivity index (χ0v) is 10.0. The van der Waals surface area contributed by atoms with Crippen LogP contribution in [0.5, 0.6) is 0 Å². The standard InChI is InChI=1S/C12H20N2O2/c1-3-14(4-2)12(16)10-7-9(10)11(15)13-8-5-6-8/h8-10H,3-7H2,1-2H3,(H,13,15). The van der Waals surface area contributed by atoms with Gasteiger partial charge in [0.1, 0.15) is 0 Å². The first-order valence-electron chi connectivity index (χ1n) is 6.26. The molecule has 2 atom stereocenters. The molecule has 0 aliphatic heterocycles. The molecule has 4 heteroatoms. The van der Waals surface area contributed by atoms with Crippen molar-refractivity contribution in [3.8, 4) is 0 Å². The van der Waals surface area contributed by atoms with E-state index in [2.05, 4.69) is 5.32 Å². The summed E-state index contributed by atoms with van der Waals surface area (Å²) in [4.78, 5) is 25.4. The second kappa shape index (κ2) is 4.44. The molecule has 0 saturated heterocycles.